The Bertz CT molecular complexity index is 3300. The van der Waals surface area contributed by atoms with Crippen molar-refractivity contribution >= 4 is 38.8 Å². The van der Waals surface area contributed by atoms with Gasteiger partial charge in [-0.05, 0) is 88.5 Å². The van der Waals surface area contributed by atoms with Crippen LogP contribution >= 0.6 is 0 Å². The molecule has 1 aliphatic rings. The number of hydrogen-bond acceptors (Lipinski definition) is 3. The number of hydrogen-bond donors (Lipinski definition) is 0. The zero-order valence-corrected chi connectivity index (χ0v) is 34.6. The molecule has 3 heterocycles. The minimum absolute atomic E-state index is 0.707. The SMILES string of the molecule is C=C1/C=C\C=C/CN(c2cccc(-c3ccccc3)c2)c2ccc(-c3ccc4c(c3)c3ccccc3n4-c3ccc(-c4cc(-c5ccccc5)nc(-c5ccccc5)n4)cc3)cc21. The van der Waals surface area contributed by atoms with Gasteiger partial charge < -0.3 is 9.47 Å². The largest absolute Gasteiger partial charge is 0.337 e. The molecule has 0 fully saturated rings. The van der Waals surface area contributed by atoms with E-state index in [0.717, 1.165) is 85.0 Å². The quantitative estimate of drug-likeness (QED) is 0.161. The van der Waals surface area contributed by atoms with Gasteiger partial charge >= 0.3 is 0 Å². The lowest BCUT2D eigenvalue weighted by Crippen LogP contribution is -2.18. The maximum Gasteiger partial charge on any atom is 0.160 e. The van der Waals surface area contributed by atoms with Crippen LogP contribution in [0.25, 0.3) is 89.2 Å². The second-order valence-electron chi connectivity index (χ2n) is 15.9. The van der Waals surface area contributed by atoms with E-state index >= 15 is 0 Å². The Morgan fingerprint density at radius 1 is 0.413 bits per heavy atom. The van der Waals surface area contributed by atoms with Gasteiger partial charge in [-0.2, -0.15) is 0 Å². The lowest BCUT2D eigenvalue weighted by molar-refractivity contribution is 1.09. The van der Waals surface area contributed by atoms with Gasteiger partial charge in [-0.3, -0.25) is 0 Å². The molecule has 11 rings (SSSR count). The minimum Gasteiger partial charge on any atom is -0.337 e. The molecule has 0 unspecified atom stereocenters. The highest BCUT2D eigenvalue weighted by Crippen LogP contribution is 2.40. The van der Waals surface area contributed by atoms with Crippen LogP contribution in [0, 0.1) is 0 Å². The first-order valence-electron chi connectivity index (χ1n) is 21.4. The van der Waals surface area contributed by atoms with Crippen LogP contribution in [0.5, 0.6) is 0 Å². The van der Waals surface area contributed by atoms with Crippen molar-refractivity contribution < 1.29 is 0 Å². The van der Waals surface area contributed by atoms with E-state index in [1.807, 2.05) is 36.4 Å². The number of rotatable bonds is 7. The highest BCUT2D eigenvalue weighted by molar-refractivity contribution is 6.10. The van der Waals surface area contributed by atoms with Crippen LogP contribution in [-0.2, 0) is 0 Å². The topological polar surface area (TPSA) is 34.0 Å². The molecule has 298 valence electrons. The third kappa shape index (κ3) is 7.24. The molecule has 63 heavy (non-hydrogen) atoms. The van der Waals surface area contributed by atoms with Crippen molar-refractivity contribution in [3.63, 3.8) is 0 Å². The Kier molecular flexibility index (Phi) is 9.72. The summed E-state index contributed by atoms with van der Waals surface area (Å²) in [5.74, 6) is 0.707. The van der Waals surface area contributed by atoms with E-state index in [9.17, 15) is 0 Å². The monoisotopic (exact) mass is 806 g/mol. The maximum absolute atomic E-state index is 5.08. The highest BCUT2D eigenvalue weighted by atomic mass is 15.1. The molecule has 0 atom stereocenters. The predicted molar refractivity (Wildman–Crippen MR) is 264 cm³/mol. The van der Waals surface area contributed by atoms with Crippen LogP contribution in [0.15, 0.2) is 237 Å². The zero-order valence-electron chi connectivity index (χ0n) is 34.6. The molecule has 4 nitrogen and oxygen atoms in total. The molecule has 1 aliphatic heterocycles. The Morgan fingerprint density at radius 2 is 1.00 bits per heavy atom. The van der Waals surface area contributed by atoms with E-state index in [4.69, 9.17) is 9.97 Å². The fourth-order valence-electron chi connectivity index (χ4n) is 8.82. The molecule has 0 N–H and O–H groups in total. The van der Waals surface area contributed by atoms with E-state index in [0.29, 0.717) is 5.82 Å². The van der Waals surface area contributed by atoms with E-state index in [1.54, 1.807) is 0 Å². The van der Waals surface area contributed by atoms with Crippen molar-refractivity contribution in [3.8, 4) is 61.8 Å². The van der Waals surface area contributed by atoms with Gasteiger partial charge in [0.15, 0.2) is 5.82 Å². The standard InChI is InChI=1S/C59H42N4/c1-41-17-6-5-15-36-62(50-25-16-24-46(37-50)42-18-7-2-8-19-42)56-34-30-47(38-52(41)56)48-31-35-58-53(39-48)51-26-13-14-27-57(51)63(58)49-32-28-44(29-33-49)55-40-54(43-20-9-3-10-21-43)60-59(61-55)45-22-11-4-12-23-45/h2-35,37-40H,1,36H2/b15-5-,17-6-. The number of para-hydroxylation sites is 1. The third-order valence-electron chi connectivity index (χ3n) is 12.0. The summed E-state index contributed by atoms with van der Waals surface area (Å²) in [6.07, 6.45) is 8.52. The second kappa shape index (κ2) is 16.3. The zero-order chi connectivity index (χ0) is 42.1. The van der Waals surface area contributed by atoms with Gasteiger partial charge in [0.2, 0.25) is 0 Å². The number of nitrogens with zero attached hydrogens (tertiary/aromatic N) is 4. The summed E-state index contributed by atoms with van der Waals surface area (Å²) in [5, 5.41) is 2.41. The van der Waals surface area contributed by atoms with Crippen molar-refractivity contribution in [3.05, 3.63) is 243 Å². The molecular formula is C59H42N4. The molecule has 0 bridgehead atoms. The van der Waals surface area contributed by atoms with Crippen LogP contribution < -0.4 is 4.90 Å². The van der Waals surface area contributed by atoms with Crippen molar-refractivity contribution in [1.82, 2.24) is 14.5 Å². The van der Waals surface area contributed by atoms with E-state index < -0.39 is 0 Å². The summed E-state index contributed by atoms with van der Waals surface area (Å²) in [5.41, 5.74) is 17.3. The summed E-state index contributed by atoms with van der Waals surface area (Å²) < 4.78 is 2.37. The third-order valence-corrected chi connectivity index (χ3v) is 12.0. The van der Waals surface area contributed by atoms with Gasteiger partial charge in [0.05, 0.1) is 22.4 Å². The van der Waals surface area contributed by atoms with Crippen molar-refractivity contribution in [2.45, 2.75) is 0 Å². The molecule has 0 spiro atoms. The Labute approximate surface area is 367 Å². The maximum atomic E-state index is 5.08. The van der Waals surface area contributed by atoms with Gasteiger partial charge in [0, 0.05) is 56.6 Å². The molecule has 0 amide bonds. The van der Waals surface area contributed by atoms with E-state index in [-0.39, 0.29) is 0 Å². The number of allylic oxidation sites excluding steroid dienone is 4. The number of aromatic nitrogens is 3. The molecule has 0 saturated carbocycles. The van der Waals surface area contributed by atoms with Crippen molar-refractivity contribution in [2.75, 3.05) is 11.4 Å². The van der Waals surface area contributed by atoms with Gasteiger partial charge in [0.25, 0.3) is 0 Å². The first-order chi connectivity index (χ1) is 31.1. The van der Waals surface area contributed by atoms with Gasteiger partial charge in [-0.15, -0.1) is 0 Å². The Balaban J connectivity index is 0.969. The minimum atomic E-state index is 0.707. The first kappa shape index (κ1) is 37.6. The Morgan fingerprint density at radius 3 is 1.76 bits per heavy atom. The van der Waals surface area contributed by atoms with Crippen molar-refractivity contribution in [1.29, 1.82) is 0 Å². The molecular weight excluding hydrogens is 765 g/mol. The average Bonchev–Trinajstić information content (AvgIpc) is 3.72. The summed E-state index contributed by atoms with van der Waals surface area (Å²) in [4.78, 5) is 12.5. The summed E-state index contributed by atoms with van der Waals surface area (Å²) in [6, 6.07) is 73.1. The van der Waals surface area contributed by atoms with Gasteiger partial charge in [0.1, 0.15) is 0 Å². The fraction of sp³-hybridized carbons (Fsp3) is 0.0169. The fourth-order valence-corrected chi connectivity index (χ4v) is 8.82. The lowest BCUT2D eigenvalue weighted by atomic mass is 9.96. The summed E-state index contributed by atoms with van der Waals surface area (Å²) in [7, 11) is 0. The Hall–Kier alpha value is -8.34. The summed E-state index contributed by atoms with van der Waals surface area (Å²) >= 11 is 0. The second-order valence-corrected chi connectivity index (χ2v) is 15.9. The molecule has 2 aromatic heterocycles. The van der Waals surface area contributed by atoms with Crippen LogP contribution in [0.1, 0.15) is 5.56 Å². The van der Waals surface area contributed by atoms with Crippen LogP contribution in [0.2, 0.25) is 0 Å². The van der Waals surface area contributed by atoms with Gasteiger partial charge in [-0.1, -0.05) is 176 Å². The molecule has 0 saturated heterocycles. The highest BCUT2D eigenvalue weighted by Gasteiger charge is 2.19. The smallest absolute Gasteiger partial charge is 0.160 e. The molecule has 0 aliphatic carbocycles. The number of fused-ring (bicyclic) bond motifs is 4. The van der Waals surface area contributed by atoms with E-state index in [1.165, 1.54) is 21.9 Å². The normalized spacial score (nSPS) is 13.6. The van der Waals surface area contributed by atoms with Crippen molar-refractivity contribution in [2.24, 2.45) is 0 Å². The molecule has 0 radical (unpaired) electrons. The van der Waals surface area contributed by atoms with Gasteiger partial charge in [-0.25, -0.2) is 9.97 Å². The molecule has 10 aromatic rings. The van der Waals surface area contributed by atoms with Crippen LogP contribution in [0.4, 0.5) is 11.4 Å². The number of anilines is 2. The van der Waals surface area contributed by atoms with Crippen LogP contribution in [0.3, 0.4) is 0 Å². The van der Waals surface area contributed by atoms with E-state index in [2.05, 4.69) is 210 Å². The lowest BCUT2D eigenvalue weighted by Gasteiger charge is -2.27. The van der Waals surface area contributed by atoms with Crippen LogP contribution in [-0.4, -0.2) is 21.1 Å². The average molecular weight is 807 g/mol. The first-order valence-corrected chi connectivity index (χ1v) is 21.4. The number of benzene rings is 8. The predicted octanol–water partition coefficient (Wildman–Crippen LogP) is 15.2. The summed E-state index contributed by atoms with van der Waals surface area (Å²) in [6.45, 7) is 5.29. The molecule has 4 heteroatoms. The molecule has 8 aromatic carbocycles.